The van der Waals surface area contributed by atoms with Crippen LogP contribution in [0.25, 0.3) is 0 Å². The van der Waals surface area contributed by atoms with Crippen molar-refractivity contribution in [3.63, 3.8) is 0 Å². The van der Waals surface area contributed by atoms with Crippen molar-refractivity contribution in [3.8, 4) is 0 Å². The van der Waals surface area contributed by atoms with Crippen molar-refractivity contribution in [1.29, 1.82) is 0 Å². The van der Waals surface area contributed by atoms with Crippen LogP contribution < -0.4 is 0 Å². The number of likely N-dealkylation sites (N-methyl/N-ethyl adjacent to an activating group) is 1. The van der Waals surface area contributed by atoms with Crippen molar-refractivity contribution in [2.45, 2.75) is 52.9 Å². The number of allylic oxidation sites excluding steroid dienone is 4. The van der Waals surface area contributed by atoms with Gasteiger partial charge in [0, 0.05) is 18.7 Å². The van der Waals surface area contributed by atoms with E-state index < -0.39 is 0 Å². The van der Waals surface area contributed by atoms with Crippen LogP contribution in [0.15, 0.2) is 39.7 Å². The molecule has 0 bridgehead atoms. The summed E-state index contributed by atoms with van der Waals surface area (Å²) in [5.74, 6) is 2.42. The van der Waals surface area contributed by atoms with Crippen LogP contribution >= 0.6 is 0 Å². The smallest absolute Gasteiger partial charge is 0.265 e. The molecule has 2 atom stereocenters. The van der Waals surface area contributed by atoms with Gasteiger partial charge in [0.1, 0.15) is 11.6 Å². The molecule has 0 aromatic heterocycles. The number of ether oxygens (including phenoxy) is 1. The average molecular weight is 328 g/mol. The maximum absolute atomic E-state index is 12.6. The molecule has 0 saturated carbocycles. The first-order valence-corrected chi connectivity index (χ1v) is 9.06. The van der Waals surface area contributed by atoms with E-state index in [9.17, 15) is 4.79 Å². The molecule has 130 valence electrons. The van der Waals surface area contributed by atoms with Crippen LogP contribution in [-0.4, -0.2) is 30.3 Å². The number of aliphatic imine (C=N–C) groups is 1. The molecule has 3 aliphatic rings. The van der Waals surface area contributed by atoms with Gasteiger partial charge in [-0.2, -0.15) is 0 Å². The molecule has 2 aliphatic carbocycles. The number of rotatable bonds is 3. The molecule has 0 N–H and O–H groups in total. The van der Waals surface area contributed by atoms with Crippen molar-refractivity contribution < 1.29 is 9.53 Å². The van der Waals surface area contributed by atoms with Gasteiger partial charge in [-0.05, 0) is 62.2 Å². The molecule has 0 aromatic rings. The lowest BCUT2D eigenvalue weighted by atomic mass is 9.89. The lowest BCUT2D eigenvalue weighted by Gasteiger charge is -2.24. The highest BCUT2D eigenvalue weighted by Gasteiger charge is 2.32. The van der Waals surface area contributed by atoms with Crippen LogP contribution in [0, 0.1) is 11.8 Å². The Labute approximate surface area is 145 Å². The van der Waals surface area contributed by atoms with Gasteiger partial charge in [-0.1, -0.05) is 19.9 Å². The molecule has 0 fully saturated rings. The van der Waals surface area contributed by atoms with Gasteiger partial charge in [0.05, 0.1) is 0 Å². The normalized spacial score (nSPS) is 26.4. The molecular formula is C20H28N2O2. The van der Waals surface area contributed by atoms with Gasteiger partial charge < -0.3 is 4.74 Å². The predicted octanol–water partition coefficient (Wildman–Crippen LogP) is 4.21. The number of carbonyl (C=O) groups excluding carboxylic acids is 1. The van der Waals surface area contributed by atoms with Gasteiger partial charge in [-0.3, -0.25) is 9.69 Å². The fourth-order valence-corrected chi connectivity index (χ4v) is 3.72. The van der Waals surface area contributed by atoms with E-state index in [0.717, 1.165) is 30.9 Å². The minimum Gasteiger partial charge on any atom is -0.484 e. The first-order chi connectivity index (χ1) is 11.5. The van der Waals surface area contributed by atoms with Gasteiger partial charge in [0.2, 0.25) is 0 Å². The number of hydrogen-bond donors (Lipinski definition) is 0. The van der Waals surface area contributed by atoms with Crippen LogP contribution in [0.5, 0.6) is 0 Å². The Balaban J connectivity index is 1.62. The molecule has 4 heteroatoms. The Kier molecular flexibility index (Phi) is 4.93. The fraction of sp³-hybridized carbons (Fsp3) is 0.600. The number of hydrogen-bond acceptors (Lipinski definition) is 3. The summed E-state index contributed by atoms with van der Waals surface area (Å²) in [5.41, 5.74) is 3.86. The maximum atomic E-state index is 12.6. The van der Waals surface area contributed by atoms with Crippen LogP contribution in [-0.2, 0) is 9.53 Å². The van der Waals surface area contributed by atoms with Crippen molar-refractivity contribution in [2.24, 2.45) is 16.8 Å². The summed E-state index contributed by atoms with van der Waals surface area (Å²) in [7, 11) is 1.82. The third-order valence-corrected chi connectivity index (χ3v) is 5.60. The highest BCUT2D eigenvalue weighted by Crippen LogP contribution is 2.37. The Bertz CT molecular complexity index is 655. The minimum atomic E-state index is -0.0348. The lowest BCUT2D eigenvalue weighted by molar-refractivity contribution is -0.130. The molecule has 24 heavy (non-hydrogen) atoms. The van der Waals surface area contributed by atoms with E-state index in [1.54, 1.807) is 4.90 Å². The summed E-state index contributed by atoms with van der Waals surface area (Å²) in [5, 5.41) is 0. The van der Waals surface area contributed by atoms with E-state index in [4.69, 9.17) is 9.73 Å². The fourth-order valence-electron chi connectivity index (χ4n) is 3.72. The molecule has 3 rings (SSSR count). The maximum Gasteiger partial charge on any atom is 0.265 e. The Morgan fingerprint density at radius 3 is 2.83 bits per heavy atom. The molecule has 4 nitrogen and oxygen atoms in total. The van der Waals surface area contributed by atoms with Crippen LogP contribution in [0.1, 0.15) is 52.9 Å². The first kappa shape index (κ1) is 17.0. The minimum absolute atomic E-state index is 0.0348. The second-order valence-electron chi connectivity index (χ2n) is 7.20. The summed E-state index contributed by atoms with van der Waals surface area (Å²) >= 11 is 0. The van der Waals surface area contributed by atoms with Gasteiger partial charge >= 0.3 is 0 Å². The van der Waals surface area contributed by atoms with Crippen molar-refractivity contribution >= 4 is 11.7 Å². The molecular weight excluding hydrogens is 300 g/mol. The third kappa shape index (κ3) is 3.19. The summed E-state index contributed by atoms with van der Waals surface area (Å²) in [6.45, 7) is 6.49. The number of amidine groups is 1. The lowest BCUT2D eigenvalue weighted by Crippen LogP contribution is -2.38. The predicted molar refractivity (Wildman–Crippen MR) is 96.4 cm³/mol. The zero-order valence-electron chi connectivity index (χ0n) is 15.3. The zero-order valence-corrected chi connectivity index (χ0v) is 15.3. The van der Waals surface area contributed by atoms with E-state index in [0.29, 0.717) is 5.92 Å². The topological polar surface area (TPSA) is 41.9 Å². The van der Waals surface area contributed by atoms with Crippen molar-refractivity contribution in [2.75, 3.05) is 13.7 Å². The largest absolute Gasteiger partial charge is 0.484 e. The van der Waals surface area contributed by atoms with Crippen LogP contribution in [0.4, 0.5) is 0 Å². The SMILES string of the molecule is CC1=C(OCC(=O)N(C)C2=NC3=C(CCCC3)C2C)C=CCC1C. The van der Waals surface area contributed by atoms with Crippen LogP contribution in [0.2, 0.25) is 0 Å². The van der Waals surface area contributed by atoms with Gasteiger partial charge in [0.15, 0.2) is 6.61 Å². The molecule has 0 spiro atoms. The van der Waals surface area contributed by atoms with E-state index in [1.165, 1.54) is 29.7 Å². The van der Waals surface area contributed by atoms with E-state index in [-0.39, 0.29) is 18.4 Å². The van der Waals surface area contributed by atoms with Gasteiger partial charge in [-0.15, -0.1) is 0 Å². The molecule has 0 saturated heterocycles. The zero-order chi connectivity index (χ0) is 17.3. The highest BCUT2D eigenvalue weighted by molar-refractivity contribution is 6.02. The monoisotopic (exact) mass is 328 g/mol. The van der Waals surface area contributed by atoms with E-state index in [1.807, 2.05) is 13.1 Å². The molecule has 1 heterocycles. The van der Waals surface area contributed by atoms with E-state index in [2.05, 4.69) is 26.8 Å². The van der Waals surface area contributed by atoms with Crippen molar-refractivity contribution in [3.05, 3.63) is 34.8 Å². The Morgan fingerprint density at radius 1 is 1.33 bits per heavy atom. The van der Waals surface area contributed by atoms with Crippen molar-refractivity contribution in [1.82, 2.24) is 4.90 Å². The standard InChI is InChI=1S/C20H28N2O2/c1-13-8-7-11-18(14(13)2)24-12-19(23)22(4)20-15(3)16-9-5-6-10-17(16)21-20/h7,11,13,15H,5-6,8-10,12H2,1-4H3. The Hall–Kier alpha value is -1.84. The highest BCUT2D eigenvalue weighted by atomic mass is 16.5. The molecule has 0 radical (unpaired) electrons. The molecule has 0 aromatic carbocycles. The summed E-state index contributed by atoms with van der Waals surface area (Å²) < 4.78 is 5.80. The van der Waals surface area contributed by atoms with Gasteiger partial charge in [-0.25, -0.2) is 4.99 Å². The van der Waals surface area contributed by atoms with Gasteiger partial charge in [0.25, 0.3) is 5.91 Å². The second-order valence-corrected chi connectivity index (χ2v) is 7.20. The summed E-state index contributed by atoms with van der Waals surface area (Å²) in [6.07, 6.45) is 9.76. The molecule has 1 aliphatic heterocycles. The summed E-state index contributed by atoms with van der Waals surface area (Å²) in [6, 6.07) is 0. The first-order valence-electron chi connectivity index (χ1n) is 9.06. The molecule has 2 unspecified atom stereocenters. The third-order valence-electron chi connectivity index (χ3n) is 5.60. The average Bonchev–Trinajstić information content (AvgIpc) is 2.92. The van der Waals surface area contributed by atoms with Crippen LogP contribution in [0.3, 0.4) is 0 Å². The van der Waals surface area contributed by atoms with E-state index >= 15 is 0 Å². The second kappa shape index (κ2) is 6.96. The quantitative estimate of drug-likeness (QED) is 0.779. The molecule has 1 amide bonds. The Morgan fingerprint density at radius 2 is 2.08 bits per heavy atom. The number of carbonyl (C=O) groups is 1. The number of nitrogens with zero attached hydrogens (tertiary/aromatic N) is 2. The summed E-state index contributed by atoms with van der Waals surface area (Å²) in [4.78, 5) is 19.0. The number of amides is 1.